The minimum absolute atomic E-state index is 0.0561. The van der Waals surface area contributed by atoms with Crippen LogP contribution in [-0.4, -0.2) is 30.2 Å². The molecular weight excluding hydrogens is 417 g/mol. The van der Waals surface area contributed by atoms with Crippen LogP contribution in [0.25, 0.3) is 0 Å². The van der Waals surface area contributed by atoms with Gasteiger partial charge in [0, 0.05) is 17.7 Å². The number of hydrogen-bond donors (Lipinski definition) is 3. The van der Waals surface area contributed by atoms with E-state index in [1.165, 1.54) is 0 Å². The molecule has 0 aliphatic rings. The van der Waals surface area contributed by atoms with E-state index in [9.17, 15) is 9.36 Å². The van der Waals surface area contributed by atoms with Gasteiger partial charge in [-0.25, -0.2) is 4.57 Å². The van der Waals surface area contributed by atoms with E-state index in [-0.39, 0.29) is 19.1 Å². The summed E-state index contributed by atoms with van der Waals surface area (Å²) < 4.78 is 30.2. The molecule has 0 unspecified atom stereocenters. The van der Waals surface area contributed by atoms with E-state index in [0.29, 0.717) is 36.2 Å². The first kappa shape index (κ1) is 27.3. The summed E-state index contributed by atoms with van der Waals surface area (Å²) in [4.78, 5) is 12.0. The van der Waals surface area contributed by atoms with E-state index < -0.39 is 19.0 Å². The molecule has 0 aromatic heterocycles. The molecule has 8 nitrogen and oxygen atoms in total. The lowest BCUT2D eigenvalue weighted by molar-refractivity contribution is -0.116. The molecule has 1 aromatic carbocycles. The second-order valence-electron chi connectivity index (χ2n) is 8.95. The van der Waals surface area contributed by atoms with Gasteiger partial charge in [0.25, 0.3) is 0 Å². The van der Waals surface area contributed by atoms with Crippen molar-refractivity contribution in [3.05, 3.63) is 29.3 Å². The molecule has 174 valence electrons. The minimum atomic E-state index is -3.88. The minimum Gasteiger partial charge on any atom is -0.330 e. The van der Waals surface area contributed by atoms with E-state index in [0.717, 1.165) is 0 Å². The Morgan fingerprint density at radius 3 is 2.23 bits per heavy atom. The molecule has 0 atom stereocenters. The fraction of sp³-hybridized carbons (Fsp3) is 0.591. The number of rotatable bonds is 9. The first-order valence-corrected chi connectivity index (χ1v) is 11.7. The van der Waals surface area contributed by atoms with E-state index in [2.05, 4.69) is 17.2 Å². The maximum atomic E-state index is 13.3. The highest BCUT2D eigenvalue weighted by Crippen LogP contribution is 2.56. The van der Waals surface area contributed by atoms with Gasteiger partial charge in [0.05, 0.1) is 24.4 Å². The zero-order chi connectivity index (χ0) is 23.7. The zero-order valence-corrected chi connectivity index (χ0v) is 20.3. The van der Waals surface area contributed by atoms with Gasteiger partial charge in [-0.05, 0) is 72.2 Å². The van der Waals surface area contributed by atoms with Crippen LogP contribution in [0.3, 0.4) is 0 Å². The molecule has 0 aliphatic heterocycles. The number of anilines is 1. The largest absolute Gasteiger partial charge is 0.476 e. The van der Waals surface area contributed by atoms with Crippen molar-refractivity contribution in [1.29, 1.82) is 0 Å². The predicted octanol–water partition coefficient (Wildman–Crippen LogP) is 3.93. The highest BCUT2D eigenvalue weighted by molar-refractivity contribution is 7.48. The average molecular weight is 454 g/mol. The first-order valence-electron chi connectivity index (χ1n) is 10.2. The highest BCUT2D eigenvalue weighted by atomic mass is 31.2. The quantitative estimate of drug-likeness (QED) is 0.382. The number of benzene rings is 1. The van der Waals surface area contributed by atoms with Crippen molar-refractivity contribution in [3.63, 3.8) is 0 Å². The molecule has 0 saturated heterocycles. The van der Waals surface area contributed by atoms with Gasteiger partial charge in [-0.2, -0.15) is 0 Å². The second kappa shape index (κ2) is 11.8. The Labute approximate surface area is 186 Å². The molecule has 0 radical (unpaired) electrons. The monoisotopic (exact) mass is 453 g/mol. The standard InChI is InChI=1S/C22H36N3O5P/c1-21(2,3)29-31(27,30-22(4,5)6)28-16-18-11-12-19(15-17(18)9-7-13-23)25-20(26)10-8-14-24/h11-12,15H,8,10,13-14,16,23-24H2,1-6H3,(H,25,26). The van der Waals surface area contributed by atoms with Crippen molar-refractivity contribution in [2.75, 3.05) is 18.4 Å². The molecular formula is C22H36N3O5P. The number of carbonyl (C=O) groups excluding carboxylic acids is 1. The van der Waals surface area contributed by atoms with E-state index in [1.54, 1.807) is 59.7 Å². The molecule has 9 heteroatoms. The van der Waals surface area contributed by atoms with Gasteiger partial charge in [0.1, 0.15) is 0 Å². The summed E-state index contributed by atoms with van der Waals surface area (Å²) in [6.45, 7) is 11.2. The molecule has 0 fully saturated rings. The molecule has 1 amide bonds. The molecule has 0 heterocycles. The number of phosphoric ester groups is 1. The number of nitrogens with two attached hydrogens (primary N) is 2. The Hall–Kier alpha value is -1.72. The van der Waals surface area contributed by atoms with Gasteiger partial charge >= 0.3 is 7.82 Å². The van der Waals surface area contributed by atoms with Gasteiger partial charge in [-0.3, -0.25) is 18.4 Å². The number of phosphoric acid groups is 1. The van der Waals surface area contributed by atoms with E-state index in [4.69, 9.17) is 25.0 Å². The Bertz CT molecular complexity index is 827. The number of nitrogens with one attached hydrogen (secondary N) is 1. The fourth-order valence-corrected chi connectivity index (χ4v) is 4.20. The lowest BCUT2D eigenvalue weighted by Crippen LogP contribution is -2.24. The smallest absolute Gasteiger partial charge is 0.330 e. The number of hydrogen-bond acceptors (Lipinski definition) is 7. The van der Waals surface area contributed by atoms with Crippen molar-refractivity contribution in [3.8, 4) is 11.8 Å². The summed E-state index contributed by atoms with van der Waals surface area (Å²) in [6, 6.07) is 5.20. The number of amides is 1. The summed E-state index contributed by atoms with van der Waals surface area (Å²) >= 11 is 0. The molecule has 31 heavy (non-hydrogen) atoms. The van der Waals surface area contributed by atoms with Crippen LogP contribution in [0.5, 0.6) is 0 Å². The van der Waals surface area contributed by atoms with Crippen LogP contribution < -0.4 is 16.8 Å². The molecule has 0 spiro atoms. The topological polar surface area (TPSA) is 126 Å². The van der Waals surface area contributed by atoms with Gasteiger partial charge in [-0.1, -0.05) is 17.9 Å². The summed E-state index contributed by atoms with van der Waals surface area (Å²) in [5.41, 5.74) is 11.3. The van der Waals surface area contributed by atoms with Gasteiger partial charge < -0.3 is 16.8 Å². The third-order valence-corrected chi connectivity index (χ3v) is 5.46. The Morgan fingerprint density at radius 2 is 1.71 bits per heavy atom. The van der Waals surface area contributed by atoms with Crippen molar-refractivity contribution in [1.82, 2.24) is 0 Å². The molecule has 0 aliphatic carbocycles. The maximum absolute atomic E-state index is 13.3. The van der Waals surface area contributed by atoms with Crippen LogP contribution in [0, 0.1) is 11.8 Å². The normalized spacial score (nSPS) is 12.3. The summed E-state index contributed by atoms with van der Waals surface area (Å²) in [7, 11) is -3.88. The average Bonchev–Trinajstić information content (AvgIpc) is 2.60. The predicted molar refractivity (Wildman–Crippen MR) is 123 cm³/mol. The van der Waals surface area contributed by atoms with Crippen molar-refractivity contribution in [2.24, 2.45) is 11.5 Å². The number of carbonyl (C=O) groups is 1. The van der Waals surface area contributed by atoms with E-state index >= 15 is 0 Å². The van der Waals surface area contributed by atoms with Crippen molar-refractivity contribution in [2.45, 2.75) is 72.2 Å². The molecule has 1 rings (SSSR count). The van der Waals surface area contributed by atoms with Gasteiger partial charge in [0.2, 0.25) is 5.91 Å². The fourth-order valence-electron chi connectivity index (χ4n) is 2.42. The zero-order valence-electron chi connectivity index (χ0n) is 19.4. The Kier molecular flexibility index (Phi) is 10.4. The lowest BCUT2D eigenvalue weighted by atomic mass is 10.1. The lowest BCUT2D eigenvalue weighted by Gasteiger charge is -2.31. The summed E-state index contributed by atoms with van der Waals surface area (Å²) in [6.07, 6.45) is 0.942. The summed E-state index contributed by atoms with van der Waals surface area (Å²) in [5, 5.41) is 2.82. The van der Waals surface area contributed by atoms with Gasteiger partial charge in [-0.15, -0.1) is 0 Å². The Morgan fingerprint density at radius 1 is 1.10 bits per heavy atom. The third kappa shape index (κ3) is 11.5. The molecule has 1 aromatic rings. The summed E-state index contributed by atoms with van der Waals surface area (Å²) in [5.74, 6) is 5.63. The van der Waals surface area contributed by atoms with Crippen LogP contribution in [-0.2, 0) is 29.5 Å². The van der Waals surface area contributed by atoms with Crippen LogP contribution >= 0.6 is 7.82 Å². The van der Waals surface area contributed by atoms with Crippen LogP contribution in [0.15, 0.2) is 18.2 Å². The van der Waals surface area contributed by atoms with Crippen molar-refractivity contribution < 1.29 is 22.9 Å². The first-order chi connectivity index (χ1) is 14.3. The molecule has 5 N–H and O–H groups in total. The SMILES string of the molecule is CC(C)(C)OP(=O)(OCc1ccc(NC(=O)CCCN)cc1C#CCN)OC(C)(C)C. The van der Waals surface area contributed by atoms with Crippen LogP contribution in [0.4, 0.5) is 5.69 Å². The maximum Gasteiger partial charge on any atom is 0.476 e. The van der Waals surface area contributed by atoms with E-state index in [1.807, 2.05) is 0 Å². The van der Waals surface area contributed by atoms with Gasteiger partial charge in [0.15, 0.2) is 0 Å². The molecule has 0 saturated carbocycles. The Balaban J connectivity index is 3.10. The van der Waals surface area contributed by atoms with Crippen LogP contribution in [0.2, 0.25) is 0 Å². The van der Waals surface area contributed by atoms with Crippen LogP contribution in [0.1, 0.15) is 65.5 Å². The van der Waals surface area contributed by atoms with Crippen molar-refractivity contribution >= 4 is 19.4 Å². The molecule has 0 bridgehead atoms. The second-order valence-corrected chi connectivity index (χ2v) is 10.5. The third-order valence-electron chi connectivity index (χ3n) is 3.48. The highest BCUT2D eigenvalue weighted by Gasteiger charge is 2.37.